The minimum absolute atomic E-state index is 0.525. The molecular weight excluding hydrogens is 188 g/mol. The predicted molar refractivity (Wildman–Crippen MR) is 58.9 cm³/mol. The van der Waals surface area contributed by atoms with Gasteiger partial charge in [0, 0.05) is 37.9 Å². The van der Waals surface area contributed by atoms with Gasteiger partial charge in [-0.1, -0.05) is 0 Å². The number of aromatic nitrogens is 1. The second kappa shape index (κ2) is 3.53. The first kappa shape index (κ1) is 8.71. The molecule has 2 aliphatic heterocycles. The Morgan fingerprint density at radius 1 is 1.33 bits per heavy atom. The van der Waals surface area contributed by atoms with Crippen molar-refractivity contribution in [2.45, 2.75) is 5.92 Å². The number of nitrogens with one attached hydrogen (secondary N) is 1. The Morgan fingerprint density at radius 3 is 3.07 bits per heavy atom. The highest BCUT2D eigenvalue weighted by molar-refractivity contribution is 5.82. The van der Waals surface area contributed by atoms with Crippen LogP contribution in [0.15, 0.2) is 29.5 Å². The van der Waals surface area contributed by atoms with Crippen molar-refractivity contribution in [2.24, 2.45) is 4.99 Å². The number of guanidine groups is 1. The van der Waals surface area contributed by atoms with Crippen LogP contribution in [-0.2, 0) is 0 Å². The van der Waals surface area contributed by atoms with Crippen molar-refractivity contribution in [2.75, 3.05) is 26.2 Å². The second-order valence-electron chi connectivity index (χ2n) is 4.01. The van der Waals surface area contributed by atoms with Crippen LogP contribution in [0.1, 0.15) is 11.5 Å². The molecule has 3 heterocycles. The topological polar surface area (TPSA) is 40.5 Å². The summed E-state index contributed by atoms with van der Waals surface area (Å²) in [6.45, 7) is 4.08. The third-order valence-electron chi connectivity index (χ3n) is 3.04. The maximum Gasteiger partial charge on any atom is 0.194 e. The highest BCUT2D eigenvalue weighted by Crippen LogP contribution is 2.21. The van der Waals surface area contributed by atoms with E-state index in [0.29, 0.717) is 5.92 Å². The molecule has 1 saturated heterocycles. The van der Waals surface area contributed by atoms with Crippen LogP contribution >= 0.6 is 0 Å². The summed E-state index contributed by atoms with van der Waals surface area (Å²) in [5, 5.41) is 3.29. The average Bonchev–Trinajstić information content (AvgIpc) is 2.77. The minimum Gasteiger partial charge on any atom is -0.354 e. The van der Waals surface area contributed by atoms with Crippen LogP contribution in [0.2, 0.25) is 0 Å². The quantitative estimate of drug-likeness (QED) is 0.718. The Hall–Kier alpha value is -1.58. The van der Waals surface area contributed by atoms with Crippen LogP contribution in [0, 0.1) is 0 Å². The lowest BCUT2D eigenvalue weighted by atomic mass is 9.99. The Labute approximate surface area is 89.0 Å². The van der Waals surface area contributed by atoms with Crippen molar-refractivity contribution >= 4 is 5.96 Å². The number of rotatable bonds is 1. The zero-order chi connectivity index (χ0) is 10.1. The molecule has 4 nitrogen and oxygen atoms in total. The van der Waals surface area contributed by atoms with Crippen LogP contribution in [0.25, 0.3) is 0 Å². The number of aliphatic imine (C=N–C) groups is 1. The van der Waals surface area contributed by atoms with Crippen LogP contribution in [0.4, 0.5) is 0 Å². The summed E-state index contributed by atoms with van der Waals surface area (Å²) in [7, 11) is 0. The highest BCUT2D eigenvalue weighted by Gasteiger charge is 2.26. The predicted octanol–water partition coefficient (Wildman–Crippen LogP) is 0.440. The SMILES string of the molecule is c1cc(C2CN=C3NCCN3C2)ccn1. The van der Waals surface area contributed by atoms with Crippen LogP contribution in [-0.4, -0.2) is 42.0 Å². The van der Waals surface area contributed by atoms with Crippen molar-refractivity contribution in [1.29, 1.82) is 0 Å². The van der Waals surface area contributed by atoms with E-state index in [-0.39, 0.29) is 0 Å². The van der Waals surface area contributed by atoms with Gasteiger partial charge in [0.1, 0.15) is 0 Å². The summed E-state index contributed by atoms with van der Waals surface area (Å²) >= 11 is 0. The third kappa shape index (κ3) is 1.56. The van der Waals surface area contributed by atoms with Crippen molar-refractivity contribution in [3.8, 4) is 0 Å². The molecular formula is C11H14N4. The maximum absolute atomic E-state index is 4.56. The van der Waals surface area contributed by atoms with E-state index < -0.39 is 0 Å². The zero-order valence-electron chi connectivity index (χ0n) is 8.56. The molecule has 15 heavy (non-hydrogen) atoms. The molecule has 1 N–H and O–H groups in total. The lowest BCUT2D eigenvalue weighted by Crippen LogP contribution is -2.38. The van der Waals surface area contributed by atoms with Crippen molar-refractivity contribution in [3.63, 3.8) is 0 Å². The average molecular weight is 202 g/mol. The molecule has 0 radical (unpaired) electrons. The molecule has 1 unspecified atom stereocenters. The largest absolute Gasteiger partial charge is 0.354 e. The molecule has 78 valence electrons. The molecule has 0 saturated carbocycles. The van der Waals surface area contributed by atoms with E-state index in [1.54, 1.807) is 0 Å². The lowest BCUT2D eigenvalue weighted by Gasteiger charge is -2.28. The van der Waals surface area contributed by atoms with Gasteiger partial charge in [-0.15, -0.1) is 0 Å². The molecule has 0 aromatic carbocycles. The van der Waals surface area contributed by atoms with E-state index in [1.165, 1.54) is 5.56 Å². The molecule has 3 rings (SSSR count). The van der Waals surface area contributed by atoms with Crippen molar-refractivity contribution < 1.29 is 0 Å². The smallest absolute Gasteiger partial charge is 0.194 e. The first-order valence-electron chi connectivity index (χ1n) is 5.37. The Balaban J connectivity index is 1.81. The summed E-state index contributed by atoms with van der Waals surface area (Å²) in [5.41, 5.74) is 1.35. The van der Waals surface area contributed by atoms with E-state index in [2.05, 4.69) is 32.3 Å². The van der Waals surface area contributed by atoms with Crippen molar-refractivity contribution in [1.82, 2.24) is 15.2 Å². The molecule has 0 spiro atoms. The van der Waals surface area contributed by atoms with E-state index in [1.807, 2.05) is 12.4 Å². The second-order valence-corrected chi connectivity index (χ2v) is 4.01. The standard InChI is InChI=1S/C11H14N4/c1-3-12-4-2-9(1)10-7-14-11-13-5-6-15(11)8-10/h1-4,10H,5-8H2,(H,13,14). The number of hydrogen-bond acceptors (Lipinski definition) is 4. The van der Waals surface area contributed by atoms with Crippen LogP contribution in [0.3, 0.4) is 0 Å². The fourth-order valence-corrected chi connectivity index (χ4v) is 2.22. The maximum atomic E-state index is 4.56. The van der Waals surface area contributed by atoms with Crippen LogP contribution < -0.4 is 5.32 Å². The van der Waals surface area contributed by atoms with Gasteiger partial charge in [-0.05, 0) is 17.7 Å². The Kier molecular flexibility index (Phi) is 2.05. The fourth-order valence-electron chi connectivity index (χ4n) is 2.22. The number of nitrogens with zero attached hydrogens (tertiary/aromatic N) is 3. The lowest BCUT2D eigenvalue weighted by molar-refractivity contribution is 0.399. The first-order chi connectivity index (χ1) is 7.43. The van der Waals surface area contributed by atoms with Gasteiger partial charge >= 0.3 is 0 Å². The molecule has 2 aliphatic rings. The summed E-state index contributed by atoms with van der Waals surface area (Å²) in [4.78, 5) is 10.9. The van der Waals surface area contributed by atoms with Crippen molar-refractivity contribution in [3.05, 3.63) is 30.1 Å². The highest BCUT2D eigenvalue weighted by atomic mass is 15.4. The fraction of sp³-hybridized carbons (Fsp3) is 0.455. The van der Waals surface area contributed by atoms with Gasteiger partial charge in [0.05, 0.1) is 6.54 Å². The zero-order valence-corrected chi connectivity index (χ0v) is 8.56. The van der Waals surface area contributed by atoms with E-state index in [9.17, 15) is 0 Å². The third-order valence-corrected chi connectivity index (χ3v) is 3.04. The molecule has 1 aromatic rings. The molecule has 0 bridgehead atoms. The number of hydrogen-bond donors (Lipinski definition) is 1. The monoisotopic (exact) mass is 202 g/mol. The van der Waals surface area contributed by atoms with Gasteiger partial charge in [-0.2, -0.15) is 0 Å². The van der Waals surface area contributed by atoms with E-state index in [0.717, 1.165) is 32.1 Å². The summed E-state index contributed by atoms with van der Waals surface area (Å²) in [5.74, 6) is 1.61. The van der Waals surface area contributed by atoms with Gasteiger partial charge in [0.15, 0.2) is 5.96 Å². The molecule has 4 heteroatoms. The summed E-state index contributed by atoms with van der Waals surface area (Å²) in [6, 6.07) is 4.18. The molecule has 0 aliphatic carbocycles. The van der Waals surface area contributed by atoms with Gasteiger partial charge in [-0.3, -0.25) is 9.98 Å². The first-order valence-corrected chi connectivity index (χ1v) is 5.37. The Bertz CT molecular complexity index is 373. The van der Waals surface area contributed by atoms with E-state index >= 15 is 0 Å². The minimum atomic E-state index is 0.525. The molecule has 1 fully saturated rings. The summed E-state index contributed by atoms with van der Waals surface area (Å²) in [6.07, 6.45) is 3.72. The Morgan fingerprint density at radius 2 is 2.20 bits per heavy atom. The van der Waals surface area contributed by atoms with Gasteiger partial charge < -0.3 is 10.2 Å². The molecule has 1 atom stereocenters. The number of pyridine rings is 1. The molecule has 0 amide bonds. The van der Waals surface area contributed by atoms with E-state index in [4.69, 9.17) is 0 Å². The molecule has 1 aromatic heterocycles. The summed E-state index contributed by atoms with van der Waals surface area (Å²) < 4.78 is 0. The number of fused-ring (bicyclic) bond motifs is 1. The van der Waals surface area contributed by atoms with Crippen LogP contribution in [0.5, 0.6) is 0 Å². The van der Waals surface area contributed by atoms with Gasteiger partial charge in [-0.25, -0.2) is 0 Å². The van der Waals surface area contributed by atoms with Gasteiger partial charge in [0.25, 0.3) is 0 Å². The van der Waals surface area contributed by atoms with Gasteiger partial charge in [0.2, 0.25) is 0 Å². The normalized spacial score (nSPS) is 24.4.